The van der Waals surface area contributed by atoms with Crippen molar-refractivity contribution in [2.45, 2.75) is 38.8 Å². The number of aliphatic hydroxyl groups is 1. The van der Waals surface area contributed by atoms with Crippen LogP contribution in [-0.4, -0.2) is 45.9 Å². The van der Waals surface area contributed by atoms with Crippen molar-refractivity contribution in [3.05, 3.63) is 41.4 Å². The zero-order valence-corrected chi connectivity index (χ0v) is 13.9. The van der Waals surface area contributed by atoms with Crippen molar-refractivity contribution in [2.75, 3.05) is 13.2 Å². The molecule has 1 saturated heterocycles. The first-order valence-corrected chi connectivity index (χ1v) is 8.31. The van der Waals surface area contributed by atoms with E-state index in [4.69, 9.17) is 4.74 Å². The highest BCUT2D eigenvalue weighted by molar-refractivity contribution is 6.09. The van der Waals surface area contributed by atoms with Gasteiger partial charge in [0.25, 0.3) is 5.91 Å². The number of hydrogen-bond donors (Lipinski definition) is 1. The molecule has 1 fully saturated rings. The third kappa shape index (κ3) is 2.94. The van der Waals surface area contributed by atoms with Gasteiger partial charge in [-0.15, -0.1) is 0 Å². The zero-order valence-electron chi connectivity index (χ0n) is 13.9. The van der Waals surface area contributed by atoms with E-state index in [0.717, 1.165) is 12.8 Å². The number of aromatic nitrogens is 1. The van der Waals surface area contributed by atoms with Crippen molar-refractivity contribution < 1.29 is 19.4 Å². The van der Waals surface area contributed by atoms with Crippen LogP contribution in [0.5, 0.6) is 0 Å². The number of pyridine rings is 1. The molecule has 2 aliphatic rings. The summed E-state index contributed by atoms with van der Waals surface area (Å²) in [5.74, 6) is -1.53. The highest BCUT2D eigenvalue weighted by Crippen LogP contribution is 2.38. The number of Topliss-reactive ketones (excluding diaryl/α,β-unsaturated/α-hetero) is 1. The minimum Gasteiger partial charge on any atom is -0.503 e. The molecule has 2 aliphatic heterocycles. The Hall–Kier alpha value is -2.21. The second-order valence-electron chi connectivity index (χ2n) is 6.53. The Kier molecular flexibility index (Phi) is 4.66. The SMILES string of the molecule is CC(C)C(=O)C1=C(O)C(=O)N(CC2CCCO2)C1c1ccccn1. The van der Waals surface area contributed by atoms with Crippen LogP contribution < -0.4 is 0 Å². The maximum atomic E-state index is 12.6. The summed E-state index contributed by atoms with van der Waals surface area (Å²) in [6.07, 6.45) is 3.38. The molecule has 2 atom stereocenters. The van der Waals surface area contributed by atoms with Gasteiger partial charge in [-0.2, -0.15) is 0 Å². The van der Waals surface area contributed by atoms with Gasteiger partial charge in [-0.1, -0.05) is 19.9 Å². The van der Waals surface area contributed by atoms with Crippen LogP contribution in [0.25, 0.3) is 0 Å². The summed E-state index contributed by atoms with van der Waals surface area (Å²) in [5.41, 5.74) is 0.726. The predicted molar refractivity (Wildman–Crippen MR) is 87.2 cm³/mol. The van der Waals surface area contributed by atoms with E-state index in [1.807, 2.05) is 6.07 Å². The van der Waals surface area contributed by atoms with E-state index in [1.165, 1.54) is 4.90 Å². The molecule has 0 bridgehead atoms. The second kappa shape index (κ2) is 6.73. The van der Waals surface area contributed by atoms with Crippen LogP contribution in [0.3, 0.4) is 0 Å². The molecule has 0 radical (unpaired) electrons. The Morgan fingerprint density at radius 1 is 1.46 bits per heavy atom. The third-order valence-corrected chi connectivity index (χ3v) is 4.49. The van der Waals surface area contributed by atoms with Crippen LogP contribution in [0.2, 0.25) is 0 Å². The number of carbonyl (C=O) groups excluding carboxylic acids is 2. The quantitative estimate of drug-likeness (QED) is 0.895. The third-order valence-electron chi connectivity index (χ3n) is 4.49. The molecule has 1 aromatic heterocycles. The zero-order chi connectivity index (χ0) is 17.3. The van der Waals surface area contributed by atoms with Crippen LogP contribution in [0.4, 0.5) is 0 Å². The Labute approximate surface area is 141 Å². The van der Waals surface area contributed by atoms with Gasteiger partial charge in [-0.3, -0.25) is 14.6 Å². The molecule has 3 heterocycles. The first kappa shape index (κ1) is 16.6. The van der Waals surface area contributed by atoms with Crippen molar-refractivity contribution in [1.29, 1.82) is 0 Å². The molecule has 2 unspecified atom stereocenters. The average molecular weight is 330 g/mol. The summed E-state index contributed by atoms with van der Waals surface area (Å²) in [7, 11) is 0. The lowest BCUT2D eigenvalue weighted by Gasteiger charge is -2.28. The van der Waals surface area contributed by atoms with Crippen molar-refractivity contribution in [2.24, 2.45) is 5.92 Å². The molecule has 128 valence electrons. The molecule has 1 N–H and O–H groups in total. The van der Waals surface area contributed by atoms with E-state index >= 15 is 0 Å². The van der Waals surface area contributed by atoms with E-state index in [2.05, 4.69) is 4.98 Å². The fourth-order valence-electron chi connectivity index (χ4n) is 3.26. The topological polar surface area (TPSA) is 79.7 Å². The summed E-state index contributed by atoms with van der Waals surface area (Å²) in [4.78, 5) is 31.0. The first-order valence-electron chi connectivity index (χ1n) is 8.31. The summed E-state index contributed by atoms with van der Waals surface area (Å²) in [6, 6.07) is 4.70. The fraction of sp³-hybridized carbons (Fsp3) is 0.500. The van der Waals surface area contributed by atoms with Crippen LogP contribution >= 0.6 is 0 Å². The van der Waals surface area contributed by atoms with Gasteiger partial charge < -0.3 is 14.7 Å². The minimum absolute atomic E-state index is 0.0681. The summed E-state index contributed by atoms with van der Waals surface area (Å²) in [6.45, 7) is 4.54. The highest BCUT2D eigenvalue weighted by atomic mass is 16.5. The number of hydrogen-bond acceptors (Lipinski definition) is 5. The standard InChI is InChI=1S/C18H22N2O4/c1-11(2)16(21)14-15(13-7-3-4-8-19-13)20(18(23)17(14)22)10-12-6-5-9-24-12/h3-4,7-8,11-12,15,22H,5-6,9-10H2,1-2H3. The van der Waals surface area contributed by atoms with Crippen molar-refractivity contribution in [1.82, 2.24) is 9.88 Å². The number of carbonyl (C=O) groups is 2. The number of amides is 1. The first-order chi connectivity index (χ1) is 11.5. The smallest absolute Gasteiger partial charge is 0.290 e. The van der Waals surface area contributed by atoms with Gasteiger partial charge in [-0.25, -0.2) is 0 Å². The summed E-state index contributed by atoms with van der Waals surface area (Å²) < 4.78 is 5.63. The fourth-order valence-corrected chi connectivity index (χ4v) is 3.26. The van der Waals surface area contributed by atoms with Crippen molar-refractivity contribution in [3.8, 4) is 0 Å². The molecule has 3 rings (SSSR count). The lowest BCUT2D eigenvalue weighted by atomic mass is 9.93. The Balaban J connectivity index is 1.99. The molecule has 6 heteroatoms. The highest BCUT2D eigenvalue weighted by Gasteiger charge is 2.45. The minimum atomic E-state index is -0.655. The summed E-state index contributed by atoms with van der Waals surface area (Å²) in [5, 5.41) is 10.4. The van der Waals surface area contributed by atoms with Gasteiger partial charge in [0, 0.05) is 25.3 Å². The van der Waals surface area contributed by atoms with Crippen molar-refractivity contribution >= 4 is 11.7 Å². The van der Waals surface area contributed by atoms with Crippen LogP contribution in [-0.2, 0) is 14.3 Å². The Morgan fingerprint density at radius 3 is 2.83 bits per heavy atom. The molecule has 0 aromatic carbocycles. The summed E-state index contributed by atoms with van der Waals surface area (Å²) >= 11 is 0. The second-order valence-corrected chi connectivity index (χ2v) is 6.53. The number of nitrogens with zero attached hydrogens (tertiary/aromatic N) is 2. The molecule has 24 heavy (non-hydrogen) atoms. The number of aliphatic hydroxyl groups excluding tert-OH is 1. The number of ketones is 1. The molecule has 1 aromatic rings. The molecule has 0 aliphatic carbocycles. The van der Waals surface area contributed by atoms with Gasteiger partial charge in [0.05, 0.1) is 17.4 Å². The van der Waals surface area contributed by atoms with Crippen molar-refractivity contribution in [3.63, 3.8) is 0 Å². The molecular formula is C18H22N2O4. The van der Waals surface area contributed by atoms with E-state index in [-0.39, 0.29) is 23.4 Å². The van der Waals surface area contributed by atoms with Crippen LogP contribution in [0, 0.1) is 5.92 Å². The van der Waals surface area contributed by atoms with Crippen LogP contribution in [0.1, 0.15) is 38.4 Å². The van der Waals surface area contributed by atoms with Crippen LogP contribution in [0.15, 0.2) is 35.7 Å². The van der Waals surface area contributed by atoms with Gasteiger partial charge in [0.1, 0.15) is 6.04 Å². The normalized spacial score (nSPS) is 24.3. The molecule has 0 spiro atoms. The predicted octanol–water partition coefficient (Wildman–Crippen LogP) is 2.18. The maximum absolute atomic E-state index is 12.6. The van der Waals surface area contributed by atoms with E-state index in [1.54, 1.807) is 32.2 Å². The maximum Gasteiger partial charge on any atom is 0.290 e. The number of ether oxygens (including phenoxy) is 1. The van der Waals surface area contributed by atoms with Gasteiger partial charge >= 0.3 is 0 Å². The Bertz CT molecular complexity index is 663. The lowest BCUT2D eigenvalue weighted by molar-refractivity contribution is -0.131. The molecule has 1 amide bonds. The monoisotopic (exact) mass is 330 g/mol. The Morgan fingerprint density at radius 2 is 2.25 bits per heavy atom. The van der Waals surface area contributed by atoms with E-state index < -0.39 is 17.7 Å². The largest absolute Gasteiger partial charge is 0.503 e. The van der Waals surface area contributed by atoms with E-state index in [0.29, 0.717) is 18.8 Å². The van der Waals surface area contributed by atoms with Gasteiger partial charge in [-0.05, 0) is 25.0 Å². The lowest BCUT2D eigenvalue weighted by Crippen LogP contribution is -2.37. The van der Waals surface area contributed by atoms with Gasteiger partial charge in [0.15, 0.2) is 11.5 Å². The molecular weight excluding hydrogens is 308 g/mol. The van der Waals surface area contributed by atoms with E-state index in [9.17, 15) is 14.7 Å². The molecule has 0 saturated carbocycles. The van der Waals surface area contributed by atoms with Gasteiger partial charge in [0.2, 0.25) is 0 Å². The molecule has 6 nitrogen and oxygen atoms in total. The average Bonchev–Trinajstić information content (AvgIpc) is 3.17. The number of rotatable bonds is 5.